The lowest BCUT2D eigenvalue weighted by atomic mass is 10.1. The molecule has 2 N–H and O–H groups in total. The van der Waals surface area contributed by atoms with Gasteiger partial charge in [-0.3, -0.25) is 9.59 Å². The minimum Gasteiger partial charge on any atom is -0.459 e. The first kappa shape index (κ1) is 26.7. The number of hydrogen-bond acceptors (Lipinski definition) is 11. The van der Waals surface area contributed by atoms with Crippen molar-refractivity contribution >= 4 is 24.2 Å². The van der Waals surface area contributed by atoms with Gasteiger partial charge < -0.3 is 34.2 Å². The van der Waals surface area contributed by atoms with E-state index in [4.69, 9.17) is 34.2 Å². The maximum atomic E-state index is 12.3. The van der Waals surface area contributed by atoms with Crippen molar-refractivity contribution in [3.05, 3.63) is 23.8 Å². The lowest BCUT2D eigenvalue weighted by molar-refractivity contribution is -0.164. The second-order valence-electron chi connectivity index (χ2n) is 6.62. The Balaban J connectivity index is 2.91. The molecule has 32 heavy (non-hydrogen) atoms. The highest BCUT2D eigenvalue weighted by atomic mass is 16.7. The minimum absolute atomic E-state index is 0.0202. The molecule has 1 aromatic rings. The van der Waals surface area contributed by atoms with Crippen molar-refractivity contribution in [3.8, 4) is 11.5 Å². The highest BCUT2D eigenvalue weighted by molar-refractivity contribution is 5.76. The Labute approximate surface area is 186 Å². The molecule has 11 nitrogen and oxygen atoms in total. The van der Waals surface area contributed by atoms with Crippen LogP contribution in [0.25, 0.3) is 0 Å². The van der Waals surface area contributed by atoms with Crippen LogP contribution in [0, 0.1) is 0 Å². The van der Waals surface area contributed by atoms with Crippen molar-refractivity contribution < 1.29 is 47.6 Å². The van der Waals surface area contributed by atoms with Gasteiger partial charge in [0.25, 0.3) is 0 Å². The molecule has 0 saturated heterocycles. The monoisotopic (exact) mass is 455 g/mol. The first-order valence-corrected chi connectivity index (χ1v) is 10.0. The Morgan fingerprint density at radius 2 is 1.41 bits per heavy atom. The van der Waals surface area contributed by atoms with E-state index in [1.165, 1.54) is 25.1 Å². The number of ether oxygens (including phenoxy) is 6. The molecule has 0 aromatic heterocycles. The maximum absolute atomic E-state index is 12.3. The summed E-state index contributed by atoms with van der Waals surface area (Å²) in [4.78, 5) is 46.7. The number of carbonyl (C=O) groups is 4. The van der Waals surface area contributed by atoms with E-state index in [1.54, 1.807) is 27.7 Å². The Kier molecular flexibility index (Phi) is 11.0. The average Bonchev–Trinajstić information content (AvgIpc) is 2.69. The third-order valence-electron chi connectivity index (χ3n) is 3.99. The van der Waals surface area contributed by atoms with Gasteiger partial charge in [-0.05, 0) is 51.8 Å². The number of hydrogen-bond donors (Lipinski definition) is 1. The smallest absolute Gasteiger partial charge is 0.459 e. The Morgan fingerprint density at radius 3 is 1.94 bits per heavy atom. The summed E-state index contributed by atoms with van der Waals surface area (Å²) < 4.78 is 29.8. The molecule has 0 spiro atoms. The first-order valence-electron chi connectivity index (χ1n) is 10.0. The zero-order chi connectivity index (χ0) is 24.3. The van der Waals surface area contributed by atoms with Gasteiger partial charge in [0.05, 0.1) is 13.2 Å². The summed E-state index contributed by atoms with van der Waals surface area (Å²) in [6, 6.07) is 3.22. The van der Waals surface area contributed by atoms with Gasteiger partial charge in [-0.15, -0.1) is 0 Å². The van der Waals surface area contributed by atoms with Gasteiger partial charge in [0, 0.05) is 6.92 Å². The summed E-state index contributed by atoms with van der Waals surface area (Å²) in [7, 11) is 0. The highest BCUT2D eigenvalue weighted by Gasteiger charge is 2.24. The Bertz CT molecular complexity index is 810. The number of benzene rings is 1. The largest absolute Gasteiger partial charge is 0.513 e. The van der Waals surface area contributed by atoms with E-state index < -0.39 is 42.5 Å². The molecule has 1 aromatic carbocycles. The van der Waals surface area contributed by atoms with Crippen LogP contribution in [0.2, 0.25) is 0 Å². The van der Waals surface area contributed by atoms with Crippen LogP contribution < -0.4 is 15.2 Å². The fraction of sp³-hybridized carbons (Fsp3) is 0.524. The van der Waals surface area contributed by atoms with E-state index >= 15 is 0 Å². The summed E-state index contributed by atoms with van der Waals surface area (Å²) in [5.74, 6) is -1.41. The van der Waals surface area contributed by atoms with Crippen molar-refractivity contribution in [2.75, 3.05) is 13.2 Å². The Hall–Kier alpha value is -3.34. The van der Waals surface area contributed by atoms with Crippen LogP contribution in [0.1, 0.15) is 40.2 Å². The predicted octanol–water partition coefficient (Wildman–Crippen LogP) is 2.51. The third-order valence-corrected chi connectivity index (χ3v) is 3.99. The van der Waals surface area contributed by atoms with Gasteiger partial charge in [-0.2, -0.15) is 0 Å². The molecule has 0 fully saturated rings. The van der Waals surface area contributed by atoms with Gasteiger partial charge in [0.1, 0.15) is 18.2 Å². The number of rotatable bonds is 10. The number of esters is 2. The topological polar surface area (TPSA) is 150 Å². The highest BCUT2D eigenvalue weighted by Crippen LogP contribution is 2.30. The van der Waals surface area contributed by atoms with Crippen LogP contribution in [0.4, 0.5) is 9.59 Å². The van der Waals surface area contributed by atoms with Crippen molar-refractivity contribution in [3.63, 3.8) is 0 Å². The molecular formula is C21H29NO10. The summed E-state index contributed by atoms with van der Waals surface area (Å²) in [5.41, 5.74) is 6.43. The molecule has 0 saturated carbocycles. The van der Waals surface area contributed by atoms with Gasteiger partial charge in [0.15, 0.2) is 11.5 Å². The fourth-order valence-corrected chi connectivity index (χ4v) is 2.38. The second-order valence-corrected chi connectivity index (χ2v) is 6.62. The molecule has 11 heteroatoms. The molecule has 0 bridgehead atoms. The quantitative estimate of drug-likeness (QED) is 0.315. The summed E-state index contributed by atoms with van der Waals surface area (Å²) in [6.07, 6.45) is -3.32. The molecule has 0 radical (unpaired) electrons. The molecule has 0 amide bonds. The molecule has 0 aliphatic rings. The predicted molar refractivity (Wildman–Crippen MR) is 110 cm³/mol. The molecule has 1 unspecified atom stereocenters. The lowest BCUT2D eigenvalue weighted by Gasteiger charge is -2.22. The van der Waals surface area contributed by atoms with Crippen LogP contribution in [-0.4, -0.2) is 55.7 Å². The third kappa shape index (κ3) is 9.21. The fourth-order valence-electron chi connectivity index (χ4n) is 2.38. The first-order chi connectivity index (χ1) is 15.1. The van der Waals surface area contributed by atoms with Gasteiger partial charge in [-0.1, -0.05) is 6.07 Å². The summed E-state index contributed by atoms with van der Waals surface area (Å²) in [5, 5.41) is 0. The van der Waals surface area contributed by atoms with Crippen LogP contribution in [0.5, 0.6) is 11.5 Å². The zero-order valence-electron chi connectivity index (χ0n) is 18.7. The van der Waals surface area contributed by atoms with E-state index in [-0.39, 0.29) is 31.1 Å². The van der Waals surface area contributed by atoms with Gasteiger partial charge in [0.2, 0.25) is 0 Å². The van der Waals surface area contributed by atoms with Gasteiger partial charge in [-0.25, -0.2) is 9.59 Å². The molecule has 0 heterocycles. The molecule has 178 valence electrons. The van der Waals surface area contributed by atoms with E-state index in [0.29, 0.717) is 5.56 Å². The molecule has 0 aliphatic heterocycles. The van der Waals surface area contributed by atoms with Crippen molar-refractivity contribution in [1.82, 2.24) is 0 Å². The second kappa shape index (κ2) is 13.2. The Morgan fingerprint density at radius 1 is 0.875 bits per heavy atom. The van der Waals surface area contributed by atoms with E-state index in [1.807, 2.05) is 0 Å². The molecule has 0 aliphatic carbocycles. The van der Waals surface area contributed by atoms with E-state index in [0.717, 1.165) is 0 Å². The van der Waals surface area contributed by atoms with Crippen LogP contribution in [0.3, 0.4) is 0 Å². The van der Waals surface area contributed by atoms with Crippen LogP contribution in [0.15, 0.2) is 18.2 Å². The maximum Gasteiger partial charge on any atom is 0.513 e. The van der Waals surface area contributed by atoms with Crippen LogP contribution in [-0.2, 0) is 35.0 Å². The van der Waals surface area contributed by atoms with Crippen molar-refractivity contribution in [1.29, 1.82) is 0 Å². The summed E-state index contributed by atoms with van der Waals surface area (Å²) >= 11 is 0. The molecule has 1 rings (SSSR count). The van der Waals surface area contributed by atoms with Crippen molar-refractivity contribution in [2.24, 2.45) is 5.73 Å². The molecule has 3 atom stereocenters. The SMILES string of the molecule is CCOC(=O)Oc1ccc(C[C@H](N)C(=O)O[C@H](C)C(C)OC(C)=O)cc1OC(=O)OCC. The minimum atomic E-state index is -1.06. The zero-order valence-corrected chi connectivity index (χ0v) is 18.7. The van der Waals surface area contributed by atoms with Crippen LogP contribution >= 0.6 is 0 Å². The lowest BCUT2D eigenvalue weighted by Crippen LogP contribution is -2.39. The van der Waals surface area contributed by atoms with E-state index in [2.05, 4.69) is 0 Å². The molecular weight excluding hydrogens is 426 g/mol. The standard InChI is InChI=1S/C21H29NO10/c1-6-27-20(25)31-17-9-8-15(11-18(17)32-21(26)28-7-2)10-16(22)19(24)30-13(4)12(3)29-14(5)23/h8-9,11-13,16H,6-7,10,22H2,1-5H3/t12?,13-,16+/m1/s1. The number of nitrogens with two attached hydrogens (primary N) is 1. The number of carbonyl (C=O) groups excluding carboxylic acids is 4. The summed E-state index contributed by atoms with van der Waals surface area (Å²) in [6.45, 7) is 7.79. The normalized spacial score (nSPS) is 13.2. The van der Waals surface area contributed by atoms with Gasteiger partial charge >= 0.3 is 24.2 Å². The average molecular weight is 455 g/mol. The van der Waals surface area contributed by atoms with E-state index in [9.17, 15) is 19.2 Å². The van der Waals surface area contributed by atoms with Crippen molar-refractivity contribution in [2.45, 2.75) is 59.3 Å².